The molecule has 2 atom stereocenters. The minimum Gasteiger partial charge on any atom is -0.462 e. The van der Waals surface area contributed by atoms with E-state index in [-0.39, 0.29) is 42.8 Å². The van der Waals surface area contributed by atoms with Crippen LogP contribution in [0.3, 0.4) is 0 Å². The van der Waals surface area contributed by atoms with Gasteiger partial charge in [-0.15, -0.1) is 0 Å². The maximum absolute atomic E-state index is 13.8. The molecule has 2 aromatic heterocycles. The number of nitrogens with zero attached hydrogens (tertiary/aromatic N) is 8. The summed E-state index contributed by atoms with van der Waals surface area (Å²) in [6, 6.07) is 1.45. The third-order valence-electron chi connectivity index (χ3n) is 8.09. The van der Waals surface area contributed by atoms with E-state index in [0.717, 1.165) is 31.1 Å². The van der Waals surface area contributed by atoms with Gasteiger partial charge >= 0.3 is 12.2 Å². The Morgan fingerprint density at radius 2 is 2.05 bits per heavy atom. The highest BCUT2D eigenvalue weighted by Gasteiger charge is 2.38. The summed E-state index contributed by atoms with van der Waals surface area (Å²) in [5.74, 6) is 0.428. The molecule has 0 N–H and O–H groups in total. The predicted octanol–water partition coefficient (Wildman–Crippen LogP) is 3.05. The summed E-state index contributed by atoms with van der Waals surface area (Å²) in [4.78, 5) is 36.8. The number of pyridine rings is 1. The average molecular weight is 571 g/mol. The van der Waals surface area contributed by atoms with Crippen LogP contribution in [0.5, 0.6) is 6.01 Å². The van der Waals surface area contributed by atoms with Crippen LogP contribution in [0.15, 0.2) is 31.1 Å². The van der Waals surface area contributed by atoms with Gasteiger partial charge in [0.05, 0.1) is 23.5 Å². The highest BCUT2D eigenvalue weighted by atomic mass is 19.4. The monoisotopic (exact) mass is 570 g/mol. The lowest BCUT2D eigenvalue weighted by molar-refractivity contribution is -0.137. The molecule has 5 rings (SSSR count). The van der Waals surface area contributed by atoms with Crippen molar-refractivity contribution >= 4 is 17.4 Å². The Hall–Kier alpha value is -3.92. The van der Waals surface area contributed by atoms with E-state index in [9.17, 15) is 18.0 Å². The summed E-state index contributed by atoms with van der Waals surface area (Å²) in [7, 11) is 2.05. The van der Waals surface area contributed by atoms with Crippen molar-refractivity contribution in [3.8, 4) is 6.01 Å². The Labute approximate surface area is 237 Å². The number of ether oxygens (including phenoxy) is 1. The van der Waals surface area contributed by atoms with Gasteiger partial charge in [-0.3, -0.25) is 9.78 Å². The second-order valence-electron chi connectivity index (χ2n) is 10.6. The van der Waals surface area contributed by atoms with Crippen molar-refractivity contribution in [3.05, 3.63) is 59.4 Å². The van der Waals surface area contributed by atoms with Gasteiger partial charge in [0.1, 0.15) is 18.5 Å². The first-order valence-corrected chi connectivity index (χ1v) is 13.7. The fourth-order valence-electron chi connectivity index (χ4n) is 5.88. The second kappa shape index (κ2) is 11.9. The zero-order valence-corrected chi connectivity index (χ0v) is 23.0. The molecule has 0 saturated carbocycles. The molecule has 3 aliphatic heterocycles. The van der Waals surface area contributed by atoms with Gasteiger partial charge in [-0.1, -0.05) is 6.58 Å². The van der Waals surface area contributed by atoms with Crippen LogP contribution >= 0.6 is 0 Å². The van der Waals surface area contributed by atoms with Crippen LogP contribution in [0.1, 0.15) is 29.7 Å². The number of aromatic nitrogens is 3. The fourth-order valence-corrected chi connectivity index (χ4v) is 5.88. The Bertz CT molecular complexity index is 1330. The van der Waals surface area contributed by atoms with Crippen LogP contribution in [-0.2, 0) is 23.9 Å². The maximum atomic E-state index is 13.8. The first kappa shape index (κ1) is 28.6. The number of carbonyl (C=O) groups excluding carboxylic acids is 1. The van der Waals surface area contributed by atoms with E-state index >= 15 is 0 Å². The van der Waals surface area contributed by atoms with E-state index in [1.807, 2.05) is 11.9 Å². The number of hydrogen-bond acceptors (Lipinski definition) is 8. The molecule has 1 amide bonds. The second-order valence-corrected chi connectivity index (χ2v) is 10.6. The summed E-state index contributed by atoms with van der Waals surface area (Å²) in [6.07, 6.45) is 1.44. The first-order chi connectivity index (χ1) is 19.7. The minimum atomic E-state index is -4.54. The molecule has 0 spiro atoms. The zero-order valence-electron chi connectivity index (χ0n) is 23.0. The molecule has 10 nitrogen and oxygen atoms in total. The van der Waals surface area contributed by atoms with Crippen LogP contribution in [0, 0.1) is 6.57 Å². The molecule has 5 heterocycles. The summed E-state index contributed by atoms with van der Waals surface area (Å²) in [5, 5.41) is 0. The third-order valence-corrected chi connectivity index (χ3v) is 8.09. The number of likely N-dealkylation sites (tertiary alicyclic amines) is 1. The summed E-state index contributed by atoms with van der Waals surface area (Å²) < 4.78 is 47.5. The van der Waals surface area contributed by atoms with Gasteiger partial charge in [0.2, 0.25) is 12.5 Å². The van der Waals surface area contributed by atoms with Gasteiger partial charge in [0.15, 0.2) is 0 Å². The highest BCUT2D eigenvalue weighted by Crippen LogP contribution is 2.38. The zero-order chi connectivity index (χ0) is 29.1. The normalized spacial score (nSPS) is 21.4. The van der Waals surface area contributed by atoms with Crippen LogP contribution in [0.25, 0.3) is 4.85 Å². The number of rotatable bonds is 7. The van der Waals surface area contributed by atoms with Crippen molar-refractivity contribution in [2.75, 3.05) is 62.7 Å². The highest BCUT2D eigenvalue weighted by molar-refractivity contribution is 5.87. The molecule has 41 heavy (non-hydrogen) atoms. The van der Waals surface area contributed by atoms with E-state index in [2.05, 4.69) is 21.3 Å². The number of alkyl halides is 3. The van der Waals surface area contributed by atoms with Gasteiger partial charge in [0.25, 0.3) is 0 Å². The minimum absolute atomic E-state index is 0.0574. The molecular formula is C28H33F3N8O2. The van der Waals surface area contributed by atoms with Crippen molar-refractivity contribution in [3.63, 3.8) is 0 Å². The van der Waals surface area contributed by atoms with E-state index < -0.39 is 11.7 Å². The molecule has 0 radical (unpaired) electrons. The van der Waals surface area contributed by atoms with Crippen LogP contribution in [0.2, 0.25) is 0 Å². The smallest absolute Gasteiger partial charge is 0.419 e. The van der Waals surface area contributed by atoms with E-state index in [0.29, 0.717) is 50.7 Å². The standard InChI is InChI=1S/C28H33F3N8O2/c1-4-25(40)39-13-12-38(16-20(39)14-32-2)26-21-8-11-37(24-7-9-33-15-22(24)28(29,30)31)17-23(21)34-27(35-26)41-18-19-6-5-10-36(19)3/h4,7,9,15,19-20H,1,5-6,8,10-14,16-18H2,3H3/t19-,20?/m0/s1. The average Bonchev–Trinajstić information content (AvgIpc) is 3.39. The number of piperazine rings is 1. The first-order valence-electron chi connectivity index (χ1n) is 13.7. The number of anilines is 2. The lowest BCUT2D eigenvalue weighted by atomic mass is 10.0. The maximum Gasteiger partial charge on any atom is 0.419 e. The largest absolute Gasteiger partial charge is 0.462 e. The van der Waals surface area contributed by atoms with Gasteiger partial charge in [-0.2, -0.15) is 23.1 Å². The van der Waals surface area contributed by atoms with E-state index in [4.69, 9.17) is 21.3 Å². The molecule has 0 aliphatic carbocycles. The van der Waals surface area contributed by atoms with E-state index in [1.165, 1.54) is 18.3 Å². The third kappa shape index (κ3) is 6.07. The number of halogens is 3. The number of hydrogen-bond donors (Lipinski definition) is 0. The van der Waals surface area contributed by atoms with Crippen molar-refractivity contribution in [1.29, 1.82) is 0 Å². The summed E-state index contributed by atoms with van der Waals surface area (Å²) >= 11 is 0. The Kier molecular flexibility index (Phi) is 8.30. The van der Waals surface area contributed by atoms with Crippen LogP contribution in [0.4, 0.5) is 24.7 Å². The van der Waals surface area contributed by atoms with Gasteiger partial charge in [-0.25, -0.2) is 6.57 Å². The molecule has 0 aromatic carbocycles. The quantitative estimate of drug-likeness (QED) is 0.371. The Morgan fingerprint density at radius 1 is 1.22 bits per heavy atom. The molecular weight excluding hydrogens is 537 g/mol. The number of amides is 1. The molecule has 3 aliphatic rings. The van der Waals surface area contributed by atoms with Crippen LogP contribution in [-0.4, -0.2) is 95.7 Å². The predicted molar refractivity (Wildman–Crippen MR) is 147 cm³/mol. The van der Waals surface area contributed by atoms with Gasteiger partial charge in [-0.05, 0) is 45.0 Å². The SMILES string of the molecule is [C-]#[N+]CC1CN(c2nc(OC[C@@H]3CCCN3C)nc3c2CCN(c2ccncc2C(F)(F)F)C3)CCN1C(=O)C=C. The molecule has 0 bridgehead atoms. The van der Waals surface area contributed by atoms with Gasteiger partial charge in [0, 0.05) is 50.2 Å². The Balaban J connectivity index is 1.47. The van der Waals surface area contributed by atoms with Crippen molar-refractivity contribution in [1.82, 2.24) is 24.8 Å². The summed E-state index contributed by atoms with van der Waals surface area (Å²) in [6.45, 7) is 14.3. The molecule has 13 heteroatoms. The number of fused-ring (bicyclic) bond motifs is 1. The lowest BCUT2D eigenvalue weighted by Gasteiger charge is -2.41. The molecule has 2 aromatic rings. The summed E-state index contributed by atoms with van der Waals surface area (Å²) in [5.41, 5.74) is 0.719. The molecule has 2 saturated heterocycles. The molecule has 2 fully saturated rings. The fraction of sp³-hybridized carbons (Fsp3) is 0.536. The molecule has 218 valence electrons. The van der Waals surface area contributed by atoms with Crippen molar-refractivity contribution < 1.29 is 22.7 Å². The topological polar surface area (TPSA) is 82.3 Å². The van der Waals surface area contributed by atoms with Crippen molar-refractivity contribution in [2.24, 2.45) is 0 Å². The van der Waals surface area contributed by atoms with E-state index in [1.54, 1.807) is 9.80 Å². The molecule has 1 unspecified atom stereocenters. The van der Waals surface area contributed by atoms with Crippen molar-refractivity contribution in [2.45, 2.75) is 44.1 Å². The lowest BCUT2D eigenvalue weighted by Crippen LogP contribution is -2.56. The number of carbonyl (C=O) groups is 1. The van der Waals surface area contributed by atoms with Crippen LogP contribution < -0.4 is 14.5 Å². The number of likely N-dealkylation sites (N-methyl/N-ethyl adjacent to an activating group) is 1. The Morgan fingerprint density at radius 3 is 2.76 bits per heavy atom. The van der Waals surface area contributed by atoms with Gasteiger partial charge < -0.3 is 29.2 Å².